The summed E-state index contributed by atoms with van der Waals surface area (Å²) in [5, 5.41) is 6.42. The average molecular weight is 317 g/mol. The number of thiazole rings is 1. The number of urea groups is 1. The average Bonchev–Trinajstić information content (AvgIpc) is 3.18. The smallest absolute Gasteiger partial charge is 0.321 e. The zero-order valence-corrected chi connectivity index (χ0v) is 13.3. The fourth-order valence-corrected chi connectivity index (χ4v) is 4.43. The van der Waals surface area contributed by atoms with Gasteiger partial charge >= 0.3 is 6.03 Å². The van der Waals surface area contributed by atoms with Crippen LogP contribution in [0.4, 0.5) is 9.93 Å². The third-order valence-electron chi connectivity index (χ3n) is 4.88. The molecular weight excluding hydrogens is 298 g/mol. The van der Waals surface area contributed by atoms with Gasteiger partial charge in [-0.15, -0.1) is 0 Å². The topological polar surface area (TPSA) is 70.1 Å². The van der Waals surface area contributed by atoms with E-state index in [-0.39, 0.29) is 11.4 Å². The molecule has 2 amide bonds. The van der Waals surface area contributed by atoms with E-state index in [0.29, 0.717) is 17.6 Å². The number of fused-ring (bicyclic) bond motifs is 3. The summed E-state index contributed by atoms with van der Waals surface area (Å²) in [6, 6.07) is 3.56. The molecule has 0 saturated carbocycles. The van der Waals surface area contributed by atoms with Crippen LogP contribution in [0.15, 0.2) is 18.3 Å². The Kier molecular flexibility index (Phi) is 3.27. The minimum absolute atomic E-state index is 0.182. The lowest BCUT2D eigenvalue weighted by molar-refractivity contribution is 0.183. The van der Waals surface area contributed by atoms with Crippen LogP contribution in [-0.4, -0.2) is 47.1 Å². The molecule has 2 bridgehead atoms. The minimum atomic E-state index is -0.182. The van der Waals surface area contributed by atoms with E-state index in [1.165, 1.54) is 30.8 Å². The first-order valence-electron chi connectivity index (χ1n) is 7.61. The number of pyridine rings is 1. The molecule has 2 aromatic rings. The van der Waals surface area contributed by atoms with Gasteiger partial charge in [0.15, 0.2) is 5.13 Å². The number of hydrogen-bond acceptors (Lipinski definition) is 5. The number of nitrogens with one attached hydrogen (secondary N) is 2. The van der Waals surface area contributed by atoms with E-state index < -0.39 is 0 Å². The van der Waals surface area contributed by atoms with Crippen LogP contribution in [0.5, 0.6) is 0 Å². The quantitative estimate of drug-likeness (QED) is 0.910. The summed E-state index contributed by atoms with van der Waals surface area (Å²) >= 11 is 1.39. The van der Waals surface area contributed by atoms with Crippen LogP contribution >= 0.6 is 11.3 Å². The zero-order chi connectivity index (χ0) is 15.2. The Morgan fingerprint density at radius 1 is 1.59 bits per heavy atom. The Balaban J connectivity index is 1.36. The van der Waals surface area contributed by atoms with Crippen molar-refractivity contribution in [2.75, 3.05) is 31.5 Å². The summed E-state index contributed by atoms with van der Waals surface area (Å²) in [4.78, 5) is 24.0. The Hall–Kier alpha value is -1.73. The molecule has 4 heterocycles. The van der Waals surface area contributed by atoms with Crippen LogP contribution in [0.2, 0.25) is 0 Å². The molecule has 116 valence electrons. The highest BCUT2D eigenvalue weighted by molar-refractivity contribution is 7.21. The van der Waals surface area contributed by atoms with Gasteiger partial charge in [-0.3, -0.25) is 5.32 Å². The van der Waals surface area contributed by atoms with Crippen LogP contribution in [0, 0.1) is 11.3 Å². The molecule has 22 heavy (non-hydrogen) atoms. The van der Waals surface area contributed by atoms with Crippen molar-refractivity contribution in [1.82, 2.24) is 20.2 Å². The molecule has 0 aromatic carbocycles. The number of aromatic nitrogens is 2. The summed E-state index contributed by atoms with van der Waals surface area (Å²) in [6.45, 7) is 6.47. The molecule has 0 aliphatic carbocycles. The molecule has 2 fully saturated rings. The van der Waals surface area contributed by atoms with Crippen molar-refractivity contribution in [2.45, 2.75) is 13.3 Å². The second kappa shape index (κ2) is 5.17. The molecule has 2 N–H and O–H groups in total. The van der Waals surface area contributed by atoms with Crippen molar-refractivity contribution >= 4 is 32.8 Å². The van der Waals surface area contributed by atoms with Gasteiger partial charge in [0.2, 0.25) is 0 Å². The first kappa shape index (κ1) is 13.9. The molecule has 2 aliphatic heterocycles. The molecule has 3 atom stereocenters. The number of carbonyl (C=O) groups is 1. The second-order valence-corrected chi connectivity index (χ2v) is 7.51. The second-order valence-electron chi connectivity index (χ2n) is 6.53. The van der Waals surface area contributed by atoms with Crippen molar-refractivity contribution in [1.29, 1.82) is 0 Å². The Morgan fingerprint density at radius 2 is 2.50 bits per heavy atom. The number of anilines is 1. The summed E-state index contributed by atoms with van der Waals surface area (Å²) < 4.78 is 0. The highest BCUT2D eigenvalue weighted by Gasteiger charge is 2.46. The normalized spacial score (nSPS) is 29.9. The predicted octanol–water partition coefficient (Wildman–Crippen LogP) is 2.15. The van der Waals surface area contributed by atoms with Gasteiger partial charge < -0.3 is 10.2 Å². The van der Waals surface area contributed by atoms with Crippen LogP contribution in [0.25, 0.3) is 10.3 Å². The predicted molar refractivity (Wildman–Crippen MR) is 87.1 cm³/mol. The maximum atomic E-state index is 12.1. The van der Waals surface area contributed by atoms with Crippen molar-refractivity contribution < 1.29 is 4.79 Å². The lowest BCUT2D eigenvalue weighted by Crippen LogP contribution is -2.44. The van der Waals surface area contributed by atoms with Crippen molar-refractivity contribution in [3.8, 4) is 0 Å². The Morgan fingerprint density at radius 3 is 3.23 bits per heavy atom. The van der Waals surface area contributed by atoms with Gasteiger partial charge in [-0.25, -0.2) is 14.8 Å². The summed E-state index contributed by atoms with van der Waals surface area (Å²) in [5.74, 6) is 0.708. The SMILES string of the molecule is C[C@@]1(CNC(=O)Nc2nc3cccnc3s2)CN2CC[C@@H]1C2. The fraction of sp³-hybridized carbons (Fsp3) is 0.533. The summed E-state index contributed by atoms with van der Waals surface area (Å²) in [7, 11) is 0. The number of rotatable bonds is 3. The monoisotopic (exact) mass is 317 g/mol. The Labute approximate surface area is 132 Å². The molecule has 0 radical (unpaired) electrons. The molecule has 6 nitrogen and oxygen atoms in total. The molecule has 4 rings (SSSR count). The summed E-state index contributed by atoms with van der Waals surface area (Å²) in [6.07, 6.45) is 2.99. The van der Waals surface area contributed by atoms with Crippen molar-refractivity contribution in [2.24, 2.45) is 11.3 Å². The largest absolute Gasteiger partial charge is 0.337 e. The van der Waals surface area contributed by atoms with Crippen LogP contribution < -0.4 is 10.6 Å². The molecule has 0 spiro atoms. The van der Waals surface area contributed by atoms with Crippen LogP contribution in [0.1, 0.15) is 13.3 Å². The third-order valence-corrected chi connectivity index (χ3v) is 5.78. The van der Waals surface area contributed by atoms with Crippen LogP contribution in [-0.2, 0) is 0 Å². The molecule has 2 aliphatic rings. The lowest BCUT2D eigenvalue weighted by Gasteiger charge is -2.33. The number of carbonyl (C=O) groups excluding carboxylic acids is 1. The maximum absolute atomic E-state index is 12.1. The van der Waals surface area contributed by atoms with Gasteiger partial charge in [-0.2, -0.15) is 0 Å². The van der Waals surface area contributed by atoms with Gasteiger partial charge in [0.1, 0.15) is 10.3 Å². The van der Waals surface area contributed by atoms with E-state index >= 15 is 0 Å². The van der Waals surface area contributed by atoms with Crippen molar-refractivity contribution in [3.63, 3.8) is 0 Å². The van der Waals surface area contributed by atoms with E-state index in [1.807, 2.05) is 12.1 Å². The molecule has 2 saturated heterocycles. The van der Waals surface area contributed by atoms with E-state index in [2.05, 4.69) is 32.4 Å². The lowest BCUT2D eigenvalue weighted by atomic mass is 9.77. The molecule has 7 heteroatoms. The van der Waals surface area contributed by atoms with Gasteiger partial charge in [-0.1, -0.05) is 18.3 Å². The molecule has 2 aromatic heterocycles. The first-order chi connectivity index (χ1) is 10.6. The molecular formula is C15H19N5OS. The van der Waals surface area contributed by atoms with E-state index in [0.717, 1.165) is 16.9 Å². The zero-order valence-electron chi connectivity index (χ0n) is 12.5. The highest BCUT2D eigenvalue weighted by atomic mass is 32.1. The minimum Gasteiger partial charge on any atom is -0.337 e. The van der Waals surface area contributed by atoms with E-state index in [9.17, 15) is 4.79 Å². The van der Waals surface area contributed by atoms with E-state index in [4.69, 9.17) is 0 Å². The number of piperidine rings is 1. The first-order valence-corrected chi connectivity index (χ1v) is 8.43. The Bertz CT molecular complexity index is 684. The van der Waals surface area contributed by atoms with Crippen LogP contribution in [0.3, 0.4) is 0 Å². The number of nitrogens with zero attached hydrogens (tertiary/aromatic N) is 3. The standard InChI is InChI=1S/C15H19N5OS/c1-15(9-20-6-4-10(15)7-20)8-17-13(21)19-14-18-11-3-2-5-16-12(11)22-14/h2-3,5,10H,4,6-9H2,1H3,(H2,17,18,19,21)/t10-,15-/m1/s1. The molecule has 1 unspecified atom stereocenters. The van der Waals surface area contributed by atoms with Gasteiger partial charge in [0.25, 0.3) is 0 Å². The fourth-order valence-electron chi connectivity index (χ4n) is 3.63. The van der Waals surface area contributed by atoms with Gasteiger partial charge in [-0.05, 0) is 31.0 Å². The highest BCUT2D eigenvalue weighted by Crippen LogP contribution is 2.42. The third kappa shape index (κ3) is 2.44. The maximum Gasteiger partial charge on any atom is 0.321 e. The van der Waals surface area contributed by atoms with Crippen molar-refractivity contribution in [3.05, 3.63) is 18.3 Å². The summed E-state index contributed by atoms with van der Waals surface area (Å²) in [5.41, 5.74) is 1.01. The van der Waals surface area contributed by atoms with Gasteiger partial charge in [0, 0.05) is 31.2 Å². The number of hydrogen-bond donors (Lipinski definition) is 2. The van der Waals surface area contributed by atoms with Gasteiger partial charge in [0.05, 0.1) is 0 Å². The number of amides is 2. The van der Waals surface area contributed by atoms with E-state index in [1.54, 1.807) is 6.20 Å².